The van der Waals surface area contributed by atoms with Crippen LogP contribution in [-0.4, -0.2) is 60.3 Å². The van der Waals surface area contributed by atoms with E-state index >= 15 is 0 Å². The minimum Gasteiger partial charge on any atom is -0.481 e. The van der Waals surface area contributed by atoms with Crippen LogP contribution in [0.5, 0.6) is 0 Å². The number of unbranched alkanes of at least 4 members (excludes halogenated alkanes) is 2. The molecule has 1 fully saturated rings. The van der Waals surface area contributed by atoms with E-state index in [0.29, 0.717) is 26.2 Å². The Morgan fingerprint density at radius 3 is 2.86 bits per heavy atom. The zero-order valence-electron chi connectivity index (χ0n) is 13.1. The Bertz CT molecular complexity index is 336. The Hall–Kier alpha value is -1.14. The van der Waals surface area contributed by atoms with Crippen LogP contribution in [0.1, 0.15) is 46.0 Å². The number of amides is 1. The third-order valence-electron chi connectivity index (χ3n) is 3.64. The average molecular weight is 300 g/mol. The Balaban J connectivity index is 2.25. The van der Waals surface area contributed by atoms with E-state index in [9.17, 15) is 9.59 Å². The van der Waals surface area contributed by atoms with E-state index < -0.39 is 5.97 Å². The minimum atomic E-state index is -0.865. The number of aliphatic carboxylic acids is 1. The molecule has 6 heteroatoms. The van der Waals surface area contributed by atoms with Crippen molar-refractivity contribution in [3.63, 3.8) is 0 Å². The van der Waals surface area contributed by atoms with Gasteiger partial charge < -0.3 is 15.2 Å². The van der Waals surface area contributed by atoms with Gasteiger partial charge in [-0.2, -0.15) is 0 Å². The molecule has 0 aromatic rings. The molecule has 6 nitrogen and oxygen atoms in total. The Labute approximate surface area is 126 Å². The highest BCUT2D eigenvalue weighted by Crippen LogP contribution is 2.08. The highest BCUT2D eigenvalue weighted by molar-refractivity contribution is 5.78. The summed E-state index contributed by atoms with van der Waals surface area (Å²) in [7, 11) is 0. The van der Waals surface area contributed by atoms with Gasteiger partial charge in [-0.05, 0) is 13.3 Å². The predicted octanol–water partition coefficient (Wildman–Crippen LogP) is 1.25. The van der Waals surface area contributed by atoms with Gasteiger partial charge in [0, 0.05) is 19.1 Å². The van der Waals surface area contributed by atoms with Crippen LogP contribution in [0.15, 0.2) is 0 Å². The fourth-order valence-corrected chi connectivity index (χ4v) is 2.54. The molecule has 1 saturated heterocycles. The molecule has 0 aliphatic carbocycles. The number of carbonyl (C=O) groups excluding carboxylic acids is 1. The van der Waals surface area contributed by atoms with Crippen LogP contribution in [0.25, 0.3) is 0 Å². The van der Waals surface area contributed by atoms with E-state index in [-0.39, 0.29) is 24.5 Å². The van der Waals surface area contributed by atoms with E-state index in [1.165, 1.54) is 12.8 Å². The number of ether oxygens (including phenoxy) is 1. The SMILES string of the molecule is CCCCCC(C)NC(=O)CN1CCOC(CC(=O)O)C1. The standard InChI is InChI=1S/C15H28N2O4/c1-3-4-5-6-12(2)16-14(18)11-17-7-8-21-13(10-17)9-15(19)20/h12-13H,3-11H2,1-2H3,(H,16,18)(H,19,20). The van der Waals surface area contributed by atoms with Crippen LogP contribution >= 0.6 is 0 Å². The first-order valence-electron chi connectivity index (χ1n) is 7.86. The lowest BCUT2D eigenvalue weighted by Gasteiger charge is -2.32. The lowest BCUT2D eigenvalue weighted by Crippen LogP contribution is -2.48. The smallest absolute Gasteiger partial charge is 0.306 e. The molecular formula is C15H28N2O4. The fraction of sp³-hybridized carbons (Fsp3) is 0.867. The van der Waals surface area contributed by atoms with E-state index in [2.05, 4.69) is 12.2 Å². The van der Waals surface area contributed by atoms with Crippen molar-refractivity contribution in [3.8, 4) is 0 Å². The zero-order valence-corrected chi connectivity index (χ0v) is 13.1. The molecule has 0 aromatic heterocycles. The van der Waals surface area contributed by atoms with E-state index in [0.717, 1.165) is 12.8 Å². The van der Waals surface area contributed by atoms with E-state index in [4.69, 9.17) is 9.84 Å². The number of carbonyl (C=O) groups is 2. The lowest BCUT2D eigenvalue weighted by molar-refractivity contribution is -0.142. The van der Waals surface area contributed by atoms with Crippen molar-refractivity contribution in [2.24, 2.45) is 0 Å². The summed E-state index contributed by atoms with van der Waals surface area (Å²) in [4.78, 5) is 24.6. The molecule has 1 aliphatic heterocycles. The molecule has 0 saturated carbocycles. The second kappa shape index (κ2) is 9.73. The molecular weight excluding hydrogens is 272 g/mol. The van der Waals surface area contributed by atoms with Crippen LogP contribution in [0.2, 0.25) is 0 Å². The number of morpholine rings is 1. The first-order valence-corrected chi connectivity index (χ1v) is 7.86. The van der Waals surface area contributed by atoms with Crippen LogP contribution in [-0.2, 0) is 14.3 Å². The van der Waals surface area contributed by atoms with Crippen LogP contribution in [0, 0.1) is 0 Å². The van der Waals surface area contributed by atoms with Gasteiger partial charge in [-0.1, -0.05) is 26.2 Å². The second-order valence-corrected chi connectivity index (χ2v) is 5.79. The highest BCUT2D eigenvalue weighted by atomic mass is 16.5. The Morgan fingerprint density at radius 2 is 2.19 bits per heavy atom. The summed E-state index contributed by atoms with van der Waals surface area (Å²) >= 11 is 0. The fourth-order valence-electron chi connectivity index (χ4n) is 2.54. The van der Waals surface area contributed by atoms with E-state index in [1.54, 1.807) is 0 Å². The predicted molar refractivity (Wildman–Crippen MR) is 80.2 cm³/mol. The number of hydrogen-bond donors (Lipinski definition) is 2. The first kappa shape index (κ1) is 17.9. The molecule has 2 atom stereocenters. The maximum Gasteiger partial charge on any atom is 0.306 e. The van der Waals surface area contributed by atoms with Gasteiger partial charge in [0.2, 0.25) is 5.91 Å². The molecule has 21 heavy (non-hydrogen) atoms. The first-order chi connectivity index (χ1) is 10.0. The molecule has 1 amide bonds. The number of rotatable bonds is 9. The summed E-state index contributed by atoms with van der Waals surface area (Å²) in [6.45, 7) is 6.17. The monoisotopic (exact) mass is 300 g/mol. The van der Waals surface area contributed by atoms with Crippen molar-refractivity contribution >= 4 is 11.9 Å². The van der Waals surface area contributed by atoms with Gasteiger partial charge >= 0.3 is 5.97 Å². The van der Waals surface area contributed by atoms with Gasteiger partial charge in [-0.15, -0.1) is 0 Å². The number of carboxylic acid groups (broad SMARTS) is 1. The third-order valence-corrected chi connectivity index (χ3v) is 3.64. The summed E-state index contributed by atoms with van der Waals surface area (Å²) in [5.41, 5.74) is 0. The van der Waals surface area contributed by atoms with E-state index in [1.807, 2.05) is 11.8 Å². The normalized spacial score (nSPS) is 21.0. The summed E-state index contributed by atoms with van der Waals surface area (Å²) in [6, 6.07) is 0.194. The molecule has 0 spiro atoms. The number of nitrogens with one attached hydrogen (secondary N) is 1. The molecule has 0 aromatic carbocycles. The number of nitrogens with zero attached hydrogens (tertiary/aromatic N) is 1. The maximum absolute atomic E-state index is 12.0. The van der Waals surface area contributed by atoms with Crippen molar-refractivity contribution in [1.82, 2.24) is 10.2 Å². The summed E-state index contributed by atoms with van der Waals surface area (Å²) < 4.78 is 5.39. The van der Waals surface area contributed by atoms with Crippen LogP contribution in [0.4, 0.5) is 0 Å². The Kier molecular flexibility index (Phi) is 8.30. The van der Waals surface area contributed by atoms with Crippen LogP contribution < -0.4 is 5.32 Å². The summed E-state index contributed by atoms with van der Waals surface area (Å²) in [6.07, 6.45) is 4.19. The highest BCUT2D eigenvalue weighted by Gasteiger charge is 2.24. The molecule has 0 bridgehead atoms. The average Bonchev–Trinajstić information content (AvgIpc) is 2.38. The molecule has 2 unspecified atom stereocenters. The van der Waals surface area contributed by atoms with Crippen molar-refractivity contribution in [2.75, 3.05) is 26.2 Å². The summed E-state index contributed by atoms with van der Waals surface area (Å²) in [5, 5.41) is 11.8. The Morgan fingerprint density at radius 1 is 1.43 bits per heavy atom. The number of carboxylic acids is 1. The van der Waals surface area contributed by atoms with Gasteiger partial charge in [-0.25, -0.2) is 0 Å². The molecule has 122 valence electrons. The second-order valence-electron chi connectivity index (χ2n) is 5.79. The lowest BCUT2D eigenvalue weighted by atomic mass is 10.1. The van der Waals surface area contributed by atoms with Crippen molar-refractivity contribution < 1.29 is 19.4 Å². The molecule has 1 rings (SSSR count). The molecule has 2 N–H and O–H groups in total. The summed E-state index contributed by atoms with van der Waals surface area (Å²) in [5.74, 6) is -0.856. The number of hydrogen-bond acceptors (Lipinski definition) is 4. The minimum absolute atomic E-state index is 0.00839. The zero-order chi connectivity index (χ0) is 15.7. The molecule has 1 heterocycles. The van der Waals surface area contributed by atoms with Gasteiger partial charge in [0.1, 0.15) is 0 Å². The van der Waals surface area contributed by atoms with Gasteiger partial charge in [-0.3, -0.25) is 14.5 Å². The van der Waals surface area contributed by atoms with Gasteiger partial charge in [0.15, 0.2) is 0 Å². The largest absolute Gasteiger partial charge is 0.481 e. The maximum atomic E-state index is 12.0. The van der Waals surface area contributed by atoms with Gasteiger partial charge in [0.05, 0.1) is 25.7 Å². The third kappa shape index (κ3) is 8.02. The molecule has 1 aliphatic rings. The van der Waals surface area contributed by atoms with Crippen LogP contribution in [0.3, 0.4) is 0 Å². The van der Waals surface area contributed by atoms with Gasteiger partial charge in [0.25, 0.3) is 0 Å². The quantitative estimate of drug-likeness (QED) is 0.627. The van der Waals surface area contributed by atoms with Crippen molar-refractivity contribution in [1.29, 1.82) is 0 Å². The van der Waals surface area contributed by atoms with Crippen molar-refractivity contribution in [3.05, 3.63) is 0 Å². The van der Waals surface area contributed by atoms with Crippen molar-refractivity contribution in [2.45, 2.75) is 58.1 Å². The topological polar surface area (TPSA) is 78.9 Å². The molecule has 0 radical (unpaired) electrons.